The molecule has 0 aromatic heterocycles. The predicted molar refractivity (Wildman–Crippen MR) is 135 cm³/mol. The number of carbonyl (C=O) groups excluding carboxylic acids is 3. The Morgan fingerprint density at radius 2 is 0.976 bits per heavy atom. The van der Waals surface area contributed by atoms with Crippen molar-refractivity contribution in [3.63, 3.8) is 0 Å². The maximum atomic E-state index is 12.4. The number of aliphatic hydroxyl groups excluding tert-OH is 10. The zero-order valence-electron chi connectivity index (χ0n) is 22.5. The van der Waals surface area contributed by atoms with Crippen LogP contribution in [-0.4, -0.2) is 161 Å². The van der Waals surface area contributed by atoms with Crippen LogP contribution in [0, 0.1) is 5.92 Å². The highest BCUT2D eigenvalue weighted by Gasteiger charge is 2.31. The van der Waals surface area contributed by atoms with Crippen LogP contribution in [0.3, 0.4) is 0 Å². The molecule has 0 aliphatic carbocycles. The summed E-state index contributed by atoms with van der Waals surface area (Å²) in [5.74, 6) is -4.45. The number of carboxylic acid groups (broad SMARTS) is 1. The molecule has 0 saturated carbocycles. The largest absolute Gasteiger partial charge is 0.480 e. The van der Waals surface area contributed by atoms with E-state index in [2.05, 4.69) is 16.0 Å². The van der Waals surface area contributed by atoms with Gasteiger partial charge >= 0.3 is 5.97 Å². The minimum atomic E-state index is -1.90. The first-order valence-corrected chi connectivity index (χ1v) is 12.8. The zero-order chi connectivity index (χ0) is 31.9. The van der Waals surface area contributed by atoms with Gasteiger partial charge in [0.05, 0.1) is 25.4 Å². The number of aliphatic carboxylic acids is 1. The number of aliphatic hydroxyl groups is 10. The first-order valence-electron chi connectivity index (χ1n) is 12.8. The summed E-state index contributed by atoms with van der Waals surface area (Å²) in [6.45, 7) is -1.42. The van der Waals surface area contributed by atoms with E-state index >= 15 is 0 Å². The fourth-order valence-electron chi connectivity index (χ4n) is 3.31. The van der Waals surface area contributed by atoms with Crippen molar-refractivity contribution in [1.29, 1.82) is 0 Å². The van der Waals surface area contributed by atoms with Gasteiger partial charge in [-0.15, -0.1) is 0 Å². The SMILES string of the molecule is C[C@H](CCC(=O)NC[C@@H](O)[C@H](O)[C@@H](O)[C@@H](O)CO)C(=O)N[C@@H](CCC(=O)NC[C@H](O)[C@@H](O)[C@H](O)[C@H](O)CO)C(=O)O. The first-order chi connectivity index (χ1) is 19.1. The van der Waals surface area contributed by atoms with Gasteiger partial charge in [-0.2, -0.15) is 0 Å². The van der Waals surface area contributed by atoms with Gasteiger partial charge in [-0.1, -0.05) is 6.92 Å². The molecule has 14 N–H and O–H groups in total. The van der Waals surface area contributed by atoms with E-state index in [1.807, 2.05) is 0 Å². The van der Waals surface area contributed by atoms with Gasteiger partial charge < -0.3 is 72.1 Å². The minimum absolute atomic E-state index is 0.0496. The summed E-state index contributed by atoms with van der Waals surface area (Å²) in [6.07, 6.45) is -15.4. The molecule has 18 nitrogen and oxygen atoms in total. The van der Waals surface area contributed by atoms with Crippen LogP contribution in [0.1, 0.15) is 32.6 Å². The van der Waals surface area contributed by atoms with Crippen molar-refractivity contribution in [2.45, 2.75) is 87.5 Å². The molecule has 0 radical (unpaired) electrons. The number of carbonyl (C=O) groups is 4. The lowest BCUT2D eigenvalue weighted by atomic mass is 10.0. The molecule has 10 atom stereocenters. The molecule has 3 amide bonds. The maximum absolute atomic E-state index is 12.4. The molecule has 0 aliphatic rings. The number of nitrogens with one attached hydrogen (secondary N) is 3. The summed E-state index contributed by atoms with van der Waals surface area (Å²) in [6, 6.07) is -1.49. The number of hydrogen-bond donors (Lipinski definition) is 14. The van der Waals surface area contributed by atoms with E-state index < -0.39 is 117 Å². The maximum Gasteiger partial charge on any atom is 0.326 e. The second kappa shape index (κ2) is 19.6. The highest BCUT2D eigenvalue weighted by atomic mass is 16.4. The molecule has 41 heavy (non-hydrogen) atoms. The van der Waals surface area contributed by atoms with E-state index in [4.69, 9.17) is 10.2 Å². The Hall–Kier alpha value is -2.52. The van der Waals surface area contributed by atoms with Crippen LogP contribution in [0.2, 0.25) is 0 Å². The van der Waals surface area contributed by atoms with Gasteiger partial charge in [0, 0.05) is 31.8 Å². The van der Waals surface area contributed by atoms with Crippen LogP contribution in [0.5, 0.6) is 0 Å². The lowest BCUT2D eigenvalue weighted by molar-refractivity contribution is -0.143. The molecule has 0 aromatic carbocycles. The van der Waals surface area contributed by atoms with Crippen molar-refractivity contribution in [3.05, 3.63) is 0 Å². The Balaban J connectivity index is 4.59. The number of carboxylic acids is 1. The number of rotatable bonds is 21. The number of hydrogen-bond acceptors (Lipinski definition) is 14. The summed E-state index contributed by atoms with van der Waals surface area (Å²) >= 11 is 0. The van der Waals surface area contributed by atoms with Gasteiger partial charge in [0.1, 0.15) is 42.7 Å². The van der Waals surface area contributed by atoms with Gasteiger partial charge in [-0.05, 0) is 12.8 Å². The van der Waals surface area contributed by atoms with Crippen molar-refractivity contribution in [2.24, 2.45) is 5.92 Å². The fraction of sp³-hybridized carbons (Fsp3) is 0.826. The molecule has 0 heterocycles. The van der Waals surface area contributed by atoms with Crippen molar-refractivity contribution >= 4 is 23.7 Å². The van der Waals surface area contributed by atoms with Gasteiger partial charge in [0.15, 0.2) is 0 Å². The van der Waals surface area contributed by atoms with Crippen molar-refractivity contribution in [2.75, 3.05) is 26.3 Å². The van der Waals surface area contributed by atoms with Crippen LogP contribution in [0.15, 0.2) is 0 Å². The molecule has 0 aromatic rings. The third kappa shape index (κ3) is 14.3. The molecule has 0 fully saturated rings. The second-order valence-electron chi connectivity index (χ2n) is 9.58. The number of amides is 3. The third-order valence-electron chi connectivity index (χ3n) is 6.19. The monoisotopic (exact) mass is 601 g/mol. The van der Waals surface area contributed by atoms with E-state index in [1.54, 1.807) is 0 Å². The third-order valence-corrected chi connectivity index (χ3v) is 6.19. The van der Waals surface area contributed by atoms with Crippen molar-refractivity contribution < 1.29 is 75.3 Å². The second-order valence-corrected chi connectivity index (χ2v) is 9.58. The Kier molecular flexibility index (Phi) is 18.4. The fourth-order valence-corrected chi connectivity index (χ4v) is 3.31. The molecule has 0 spiro atoms. The summed E-state index contributed by atoms with van der Waals surface area (Å²) in [5.41, 5.74) is 0. The molecule has 240 valence electrons. The highest BCUT2D eigenvalue weighted by molar-refractivity contribution is 5.86. The smallest absolute Gasteiger partial charge is 0.326 e. The van der Waals surface area contributed by atoms with Crippen molar-refractivity contribution in [1.82, 2.24) is 16.0 Å². The molecule has 0 unspecified atom stereocenters. The van der Waals surface area contributed by atoms with Crippen LogP contribution in [-0.2, 0) is 19.2 Å². The lowest BCUT2D eigenvalue weighted by Gasteiger charge is -2.25. The quantitative estimate of drug-likeness (QED) is 0.0581. The Morgan fingerprint density at radius 3 is 1.34 bits per heavy atom. The standard InChI is InChI=1S/C23H43N3O15/c1-10(2-4-16(33)24-6-12(29)18(35)20(37)14(31)8-27)22(39)26-11(23(40)41)3-5-17(34)25-7-13(30)19(36)21(38)15(32)9-28/h10-15,18-21,27-32,35-38H,2-9H2,1H3,(H,24,33)(H,25,34)(H,26,39)(H,40,41)/t10-,11+,12-,13+,14+,15-,18+,19-,20+,21-/m1/s1. The van der Waals surface area contributed by atoms with E-state index in [1.165, 1.54) is 6.92 Å². The molecule has 0 bridgehead atoms. The van der Waals surface area contributed by atoms with Crippen LogP contribution in [0.4, 0.5) is 0 Å². The Bertz CT molecular complexity index is 819. The molecule has 18 heteroatoms. The Morgan fingerprint density at radius 1 is 0.610 bits per heavy atom. The molecular weight excluding hydrogens is 558 g/mol. The average Bonchev–Trinajstić information content (AvgIpc) is 2.96. The van der Waals surface area contributed by atoms with Crippen molar-refractivity contribution in [3.8, 4) is 0 Å². The lowest BCUT2D eigenvalue weighted by Crippen LogP contribution is -2.49. The van der Waals surface area contributed by atoms with E-state index in [0.29, 0.717) is 0 Å². The highest BCUT2D eigenvalue weighted by Crippen LogP contribution is 2.09. The Labute approximate surface area is 235 Å². The predicted octanol–water partition coefficient (Wildman–Crippen LogP) is -7.14. The van der Waals surface area contributed by atoms with Gasteiger partial charge in [0.25, 0.3) is 0 Å². The molecular formula is C23H43N3O15. The van der Waals surface area contributed by atoms with Crippen LogP contribution >= 0.6 is 0 Å². The topological polar surface area (TPSA) is 327 Å². The van der Waals surface area contributed by atoms with Gasteiger partial charge in [-0.3, -0.25) is 14.4 Å². The molecule has 0 rings (SSSR count). The van der Waals surface area contributed by atoms with E-state index in [0.717, 1.165) is 0 Å². The zero-order valence-corrected chi connectivity index (χ0v) is 22.5. The van der Waals surface area contributed by atoms with E-state index in [9.17, 15) is 65.1 Å². The average molecular weight is 602 g/mol. The first kappa shape index (κ1) is 38.5. The summed E-state index contributed by atoms with van der Waals surface area (Å²) < 4.78 is 0. The normalized spacial score (nSPS) is 18.9. The summed E-state index contributed by atoms with van der Waals surface area (Å²) in [4.78, 5) is 47.9. The summed E-state index contributed by atoms with van der Waals surface area (Å²) in [5, 5.41) is 110. The molecule has 0 saturated heterocycles. The van der Waals surface area contributed by atoms with E-state index in [-0.39, 0.29) is 19.3 Å². The van der Waals surface area contributed by atoms with Crippen LogP contribution in [0.25, 0.3) is 0 Å². The minimum Gasteiger partial charge on any atom is -0.480 e. The summed E-state index contributed by atoms with van der Waals surface area (Å²) in [7, 11) is 0. The van der Waals surface area contributed by atoms with Gasteiger partial charge in [-0.25, -0.2) is 4.79 Å². The molecule has 0 aliphatic heterocycles. The van der Waals surface area contributed by atoms with Gasteiger partial charge in [0.2, 0.25) is 17.7 Å². The van der Waals surface area contributed by atoms with Crippen LogP contribution < -0.4 is 16.0 Å².